The maximum absolute atomic E-state index is 12.0. The van der Waals surface area contributed by atoms with E-state index in [0.717, 1.165) is 11.3 Å². The molecule has 6 nitrogen and oxygen atoms in total. The van der Waals surface area contributed by atoms with Gasteiger partial charge in [0.2, 0.25) is 5.91 Å². The molecule has 0 saturated heterocycles. The largest absolute Gasteiger partial charge is 0.359 e. The number of nitrogens with one attached hydrogen (secondary N) is 2. The van der Waals surface area contributed by atoms with E-state index in [1.807, 2.05) is 6.92 Å². The third-order valence-electron chi connectivity index (χ3n) is 3.10. The van der Waals surface area contributed by atoms with Crippen molar-refractivity contribution in [1.29, 1.82) is 0 Å². The highest BCUT2D eigenvalue weighted by Crippen LogP contribution is 2.23. The number of aromatic nitrogens is 1. The fourth-order valence-corrected chi connectivity index (χ4v) is 2.12. The Labute approximate surface area is 115 Å². The predicted molar refractivity (Wildman–Crippen MR) is 71.2 cm³/mol. The lowest BCUT2D eigenvalue weighted by Gasteiger charge is -2.05. The van der Waals surface area contributed by atoms with Gasteiger partial charge in [0.15, 0.2) is 5.76 Å². The summed E-state index contributed by atoms with van der Waals surface area (Å²) in [6.07, 6.45) is 0.370. The second kappa shape index (κ2) is 4.80. The number of hydrogen-bond acceptors (Lipinski definition) is 4. The van der Waals surface area contributed by atoms with Crippen LogP contribution in [0.4, 0.5) is 5.69 Å². The van der Waals surface area contributed by atoms with Gasteiger partial charge in [-0.3, -0.25) is 9.59 Å². The van der Waals surface area contributed by atoms with Gasteiger partial charge in [-0.15, -0.1) is 0 Å². The van der Waals surface area contributed by atoms with Crippen molar-refractivity contribution in [2.45, 2.75) is 19.9 Å². The van der Waals surface area contributed by atoms with E-state index in [1.54, 1.807) is 24.3 Å². The zero-order valence-corrected chi connectivity index (χ0v) is 10.9. The molecule has 0 saturated carbocycles. The Morgan fingerprint density at radius 3 is 3.05 bits per heavy atom. The van der Waals surface area contributed by atoms with Crippen LogP contribution in [0, 0.1) is 6.92 Å². The average Bonchev–Trinajstić information content (AvgIpc) is 2.99. The molecule has 2 amide bonds. The van der Waals surface area contributed by atoms with Crippen LogP contribution >= 0.6 is 0 Å². The van der Waals surface area contributed by atoms with Crippen LogP contribution in [0.15, 0.2) is 28.8 Å². The van der Waals surface area contributed by atoms with Gasteiger partial charge in [-0.25, -0.2) is 0 Å². The van der Waals surface area contributed by atoms with Crippen LogP contribution in [-0.4, -0.2) is 17.0 Å². The van der Waals surface area contributed by atoms with Crippen molar-refractivity contribution >= 4 is 17.5 Å². The van der Waals surface area contributed by atoms with Crippen LogP contribution in [0.25, 0.3) is 0 Å². The summed E-state index contributed by atoms with van der Waals surface area (Å²) in [5, 5.41) is 9.22. The lowest BCUT2D eigenvalue weighted by molar-refractivity contribution is -0.115. The van der Waals surface area contributed by atoms with E-state index < -0.39 is 0 Å². The fourth-order valence-electron chi connectivity index (χ4n) is 2.12. The lowest BCUT2D eigenvalue weighted by Crippen LogP contribution is -2.22. The molecule has 20 heavy (non-hydrogen) atoms. The van der Waals surface area contributed by atoms with Gasteiger partial charge in [0, 0.05) is 17.3 Å². The standard InChI is InChI=1S/C14H13N3O3/c1-8-4-11(20-17-8)7-15-14(19)10-3-2-9-6-13(18)16-12(9)5-10/h2-5H,6-7H2,1H3,(H,15,19)(H,16,18). The maximum Gasteiger partial charge on any atom is 0.251 e. The molecule has 2 heterocycles. The Hall–Kier alpha value is -2.63. The number of rotatable bonds is 3. The highest BCUT2D eigenvalue weighted by Gasteiger charge is 2.19. The second-order valence-corrected chi connectivity index (χ2v) is 4.71. The van der Waals surface area contributed by atoms with Crippen molar-refractivity contribution in [2.75, 3.05) is 5.32 Å². The first kappa shape index (κ1) is 12.4. The van der Waals surface area contributed by atoms with E-state index in [4.69, 9.17) is 4.52 Å². The minimum atomic E-state index is -0.219. The van der Waals surface area contributed by atoms with Crippen LogP contribution in [0.5, 0.6) is 0 Å². The molecule has 1 aromatic carbocycles. The van der Waals surface area contributed by atoms with Crippen LogP contribution in [-0.2, 0) is 17.8 Å². The minimum absolute atomic E-state index is 0.0466. The van der Waals surface area contributed by atoms with Crippen LogP contribution in [0.3, 0.4) is 0 Å². The first-order chi connectivity index (χ1) is 9.61. The summed E-state index contributed by atoms with van der Waals surface area (Å²) >= 11 is 0. The van der Waals surface area contributed by atoms with Crippen molar-refractivity contribution in [2.24, 2.45) is 0 Å². The molecule has 2 aromatic rings. The predicted octanol–water partition coefficient (Wildman–Crippen LogP) is 1.41. The van der Waals surface area contributed by atoms with Crippen molar-refractivity contribution in [1.82, 2.24) is 10.5 Å². The topological polar surface area (TPSA) is 84.2 Å². The average molecular weight is 271 g/mol. The molecule has 102 valence electrons. The van der Waals surface area contributed by atoms with E-state index in [1.165, 1.54) is 0 Å². The second-order valence-electron chi connectivity index (χ2n) is 4.71. The molecule has 2 N–H and O–H groups in total. The minimum Gasteiger partial charge on any atom is -0.359 e. The van der Waals surface area contributed by atoms with Crippen LogP contribution in [0.2, 0.25) is 0 Å². The summed E-state index contributed by atoms with van der Waals surface area (Å²) in [6, 6.07) is 6.95. The number of benzene rings is 1. The third kappa shape index (κ3) is 2.40. The van der Waals surface area contributed by atoms with Crippen molar-refractivity contribution in [3.63, 3.8) is 0 Å². The van der Waals surface area contributed by atoms with Gasteiger partial charge in [-0.2, -0.15) is 0 Å². The molecule has 0 fully saturated rings. The molecule has 1 aliphatic rings. The SMILES string of the molecule is Cc1cc(CNC(=O)c2ccc3c(c2)NC(=O)C3)on1. The fraction of sp³-hybridized carbons (Fsp3) is 0.214. The van der Waals surface area contributed by atoms with Gasteiger partial charge in [0.05, 0.1) is 18.7 Å². The molecule has 0 radical (unpaired) electrons. The number of fused-ring (bicyclic) bond motifs is 1. The van der Waals surface area contributed by atoms with Crippen molar-refractivity contribution < 1.29 is 14.1 Å². The summed E-state index contributed by atoms with van der Waals surface area (Å²) in [4.78, 5) is 23.3. The van der Waals surface area contributed by atoms with Crippen LogP contribution in [0.1, 0.15) is 27.4 Å². The third-order valence-corrected chi connectivity index (χ3v) is 3.10. The zero-order chi connectivity index (χ0) is 14.1. The Bertz CT molecular complexity index is 691. The monoisotopic (exact) mass is 271 g/mol. The molecule has 0 unspecified atom stereocenters. The molecular weight excluding hydrogens is 258 g/mol. The first-order valence-electron chi connectivity index (χ1n) is 6.25. The quantitative estimate of drug-likeness (QED) is 0.884. The number of amides is 2. The summed E-state index contributed by atoms with van der Waals surface area (Å²) in [6.45, 7) is 2.10. The van der Waals surface area contributed by atoms with Gasteiger partial charge in [0.1, 0.15) is 0 Å². The summed E-state index contributed by atoms with van der Waals surface area (Å²) in [5.74, 6) is 0.336. The number of hydrogen-bond donors (Lipinski definition) is 2. The molecule has 6 heteroatoms. The molecule has 0 aliphatic carbocycles. The Balaban J connectivity index is 1.69. The lowest BCUT2D eigenvalue weighted by atomic mass is 10.1. The smallest absolute Gasteiger partial charge is 0.251 e. The van der Waals surface area contributed by atoms with Gasteiger partial charge in [0.25, 0.3) is 5.91 Å². The molecule has 1 aliphatic heterocycles. The highest BCUT2D eigenvalue weighted by molar-refractivity contribution is 6.02. The Morgan fingerprint density at radius 1 is 1.45 bits per heavy atom. The number of aryl methyl sites for hydroxylation is 1. The molecule has 0 atom stereocenters. The van der Waals surface area contributed by atoms with Gasteiger partial charge in [-0.05, 0) is 24.6 Å². The first-order valence-corrected chi connectivity index (χ1v) is 6.25. The van der Waals surface area contributed by atoms with E-state index in [-0.39, 0.29) is 18.4 Å². The van der Waals surface area contributed by atoms with E-state index in [9.17, 15) is 9.59 Å². The summed E-state index contributed by atoms with van der Waals surface area (Å²) in [5.41, 5.74) is 2.90. The van der Waals surface area contributed by atoms with Gasteiger partial charge < -0.3 is 15.2 Å². The van der Waals surface area contributed by atoms with Crippen molar-refractivity contribution in [3.8, 4) is 0 Å². The highest BCUT2D eigenvalue weighted by atomic mass is 16.5. The zero-order valence-electron chi connectivity index (χ0n) is 10.9. The molecule has 1 aromatic heterocycles. The van der Waals surface area contributed by atoms with Gasteiger partial charge in [-0.1, -0.05) is 11.2 Å². The molecule has 3 rings (SSSR count). The van der Waals surface area contributed by atoms with Crippen molar-refractivity contribution in [3.05, 3.63) is 46.8 Å². The number of anilines is 1. The maximum atomic E-state index is 12.0. The Kier molecular flexibility index (Phi) is 2.98. The number of carbonyl (C=O) groups excluding carboxylic acids is 2. The van der Waals surface area contributed by atoms with E-state index in [2.05, 4.69) is 15.8 Å². The van der Waals surface area contributed by atoms with E-state index >= 15 is 0 Å². The number of carbonyl (C=O) groups is 2. The molecule has 0 spiro atoms. The number of nitrogens with zero attached hydrogens (tertiary/aromatic N) is 1. The molecular formula is C14H13N3O3. The summed E-state index contributed by atoms with van der Waals surface area (Å²) in [7, 11) is 0. The van der Waals surface area contributed by atoms with Crippen LogP contribution < -0.4 is 10.6 Å². The summed E-state index contributed by atoms with van der Waals surface area (Å²) < 4.78 is 5.02. The van der Waals surface area contributed by atoms with Gasteiger partial charge >= 0.3 is 0 Å². The molecule has 0 bridgehead atoms. The normalized spacial score (nSPS) is 12.9. The Morgan fingerprint density at radius 2 is 2.30 bits per heavy atom. The van der Waals surface area contributed by atoms with E-state index in [0.29, 0.717) is 23.4 Å².